The van der Waals surface area contributed by atoms with Gasteiger partial charge in [0, 0.05) is 17.2 Å². The second kappa shape index (κ2) is 3.71. The lowest BCUT2D eigenvalue weighted by Crippen LogP contribution is -1.86. The van der Waals surface area contributed by atoms with E-state index < -0.39 is 0 Å². The van der Waals surface area contributed by atoms with Gasteiger partial charge in [-0.2, -0.15) is 0 Å². The van der Waals surface area contributed by atoms with Crippen LogP contribution in [0.1, 0.15) is 23.7 Å². The fourth-order valence-corrected chi connectivity index (χ4v) is 1.07. The maximum atomic E-state index is 4.02. The standard InChI is InChI=1S/C8H10BrN/c1-2-8(9)7-4-3-5-10-6-7/h3-6,8H,2H2,1H3/t8-/m0/s1. The summed E-state index contributed by atoms with van der Waals surface area (Å²) in [5.74, 6) is 0. The van der Waals surface area contributed by atoms with Crippen LogP contribution in [0.2, 0.25) is 0 Å². The number of hydrogen-bond acceptors (Lipinski definition) is 1. The smallest absolute Gasteiger partial charge is 0.0407 e. The zero-order valence-electron chi connectivity index (χ0n) is 5.92. The molecule has 1 nitrogen and oxygen atoms in total. The molecule has 1 rings (SSSR count). The maximum Gasteiger partial charge on any atom is 0.0407 e. The van der Waals surface area contributed by atoms with Gasteiger partial charge in [-0.25, -0.2) is 0 Å². The minimum atomic E-state index is 0.459. The molecule has 2 heteroatoms. The van der Waals surface area contributed by atoms with Crippen molar-refractivity contribution in [1.82, 2.24) is 4.98 Å². The van der Waals surface area contributed by atoms with E-state index in [0.29, 0.717) is 4.83 Å². The fourth-order valence-electron chi connectivity index (χ4n) is 0.797. The zero-order chi connectivity index (χ0) is 7.40. The van der Waals surface area contributed by atoms with Crippen molar-refractivity contribution >= 4 is 15.9 Å². The molecule has 1 atom stereocenters. The fraction of sp³-hybridized carbons (Fsp3) is 0.375. The summed E-state index contributed by atoms with van der Waals surface area (Å²) in [4.78, 5) is 4.48. The van der Waals surface area contributed by atoms with Gasteiger partial charge in [-0.05, 0) is 18.1 Å². The van der Waals surface area contributed by atoms with E-state index in [1.807, 2.05) is 12.3 Å². The highest BCUT2D eigenvalue weighted by Gasteiger charge is 2.01. The summed E-state index contributed by atoms with van der Waals surface area (Å²) in [5, 5.41) is 0. The minimum absolute atomic E-state index is 0.459. The first-order valence-electron chi connectivity index (χ1n) is 3.38. The van der Waals surface area contributed by atoms with Crippen LogP contribution in [0.3, 0.4) is 0 Å². The Morgan fingerprint density at radius 2 is 2.50 bits per heavy atom. The topological polar surface area (TPSA) is 12.9 Å². The highest BCUT2D eigenvalue weighted by molar-refractivity contribution is 9.09. The summed E-state index contributed by atoms with van der Waals surface area (Å²) in [5.41, 5.74) is 1.25. The number of rotatable bonds is 2. The van der Waals surface area contributed by atoms with E-state index in [9.17, 15) is 0 Å². The van der Waals surface area contributed by atoms with Crippen LogP contribution >= 0.6 is 15.9 Å². The Hall–Kier alpha value is -0.370. The van der Waals surface area contributed by atoms with Gasteiger partial charge in [0.15, 0.2) is 0 Å². The average molecular weight is 200 g/mol. The molecule has 1 aromatic rings. The summed E-state index contributed by atoms with van der Waals surface area (Å²) in [6.45, 7) is 2.15. The number of pyridine rings is 1. The van der Waals surface area contributed by atoms with Crippen LogP contribution in [0.4, 0.5) is 0 Å². The second-order valence-electron chi connectivity index (χ2n) is 2.16. The van der Waals surface area contributed by atoms with Crippen molar-refractivity contribution < 1.29 is 0 Å². The molecule has 0 saturated carbocycles. The molecule has 0 aliphatic heterocycles. The molecule has 0 fully saturated rings. The molecule has 0 unspecified atom stereocenters. The Labute approximate surface area is 69.6 Å². The van der Waals surface area contributed by atoms with Gasteiger partial charge in [0.25, 0.3) is 0 Å². The normalized spacial score (nSPS) is 13.0. The molecule has 0 radical (unpaired) electrons. The van der Waals surface area contributed by atoms with Crippen molar-refractivity contribution in [3.63, 3.8) is 0 Å². The molecule has 1 aromatic heterocycles. The van der Waals surface area contributed by atoms with Crippen LogP contribution in [-0.2, 0) is 0 Å². The quantitative estimate of drug-likeness (QED) is 0.668. The van der Waals surface area contributed by atoms with Gasteiger partial charge in [0.1, 0.15) is 0 Å². The van der Waals surface area contributed by atoms with Crippen molar-refractivity contribution in [3.05, 3.63) is 30.1 Å². The van der Waals surface area contributed by atoms with Crippen molar-refractivity contribution in [2.75, 3.05) is 0 Å². The van der Waals surface area contributed by atoms with Crippen molar-refractivity contribution in [2.24, 2.45) is 0 Å². The molecular weight excluding hydrogens is 190 g/mol. The monoisotopic (exact) mass is 199 g/mol. The lowest BCUT2D eigenvalue weighted by atomic mass is 10.2. The van der Waals surface area contributed by atoms with E-state index >= 15 is 0 Å². The van der Waals surface area contributed by atoms with Gasteiger partial charge in [-0.3, -0.25) is 4.98 Å². The van der Waals surface area contributed by atoms with Gasteiger partial charge in [0.2, 0.25) is 0 Å². The first-order valence-corrected chi connectivity index (χ1v) is 4.30. The summed E-state index contributed by atoms with van der Waals surface area (Å²) in [6, 6.07) is 4.04. The minimum Gasteiger partial charge on any atom is -0.264 e. The third kappa shape index (κ3) is 1.81. The van der Waals surface area contributed by atoms with Gasteiger partial charge < -0.3 is 0 Å². The summed E-state index contributed by atoms with van der Waals surface area (Å²) >= 11 is 3.54. The third-order valence-electron chi connectivity index (χ3n) is 1.40. The highest BCUT2D eigenvalue weighted by atomic mass is 79.9. The van der Waals surface area contributed by atoms with Crippen molar-refractivity contribution in [1.29, 1.82) is 0 Å². The molecule has 0 aliphatic rings. The van der Waals surface area contributed by atoms with Gasteiger partial charge in [0.05, 0.1) is 0 Å². The van der Waals surface area contributed by atoms with Gasteiger partial charge in [-0.15, -0.1) is 0 Å². The second-order valence-corrected chi connectivity index (χ2v) is 3.27. The SMILES string of the molecule is CC[C@H](Br)c1cccnc1. The molecule has 1 heterocycles. The molecular formula is C8H10BrN. The van der Waals surface area contributed by atoms with Crippen LogP contribution in [-0.4, -0.2) is 4.98 Å². The van der Waals surface area contributed by atoms with Crippen molar-refractivity contribution in [2.45, 2.75) is 18.2 Å². The number of halogens is 1. The summed E-state index contributed by atoms with van der Waals surface area (Å²) < 4.78 is 0. The Kier molecular flexibility index (Phi) is 2.87. The summed E-state index contributed by atoms with van der Waals surface area (Å²) in [7, 11) is 0. The van der Waals surface area contributed by atoms with Crippen LogP contribution in [0.25, 0.3) is 0 Å². The Morgan fingerprint density at radius 3 is 3.00 bits per heavy atom. The average Bonchev–Trinajstić information content (AvgIpc) is 2.05. The molecule has 0 saturated heterocycles. The van der Waals surface area contributed by atoms with Crippen LogP contribution < -0.4 is 0 Å². The number of alkyl halides is 1. The largest absolute Gasteiger partial charge is 0.264 e. The predicted octanol–water partition coefficient (Wildman–Crippen LogP) is 2.93. The molecule has 10 heavy (non-hydrogen) atoms. The highest BCUT2D eigenvalue weighted by Crippen LogP contribution is 2.24. The van der Waals surface area contributed by atoms with Gasteiger partial charge >= 0.3 is 0 Å². The van der Waals surface area contributed by atoms with E-state index in [1.165, 1.54) is 5.56 Å². The third-order valence-corrected chi connectivity index (χ3v) is 2.58. The molecule has 0 amide bonds. The first-order chi connectivity index (χ1) is 4.84. The Morgan fingerprint density at radius 1 is 1.70 bits per heavy atom. The molecule has 54 valence electrons. The molecule has 0 N–H and O–H groups in total. The molecule has 0 aromatic carbocycles. The van der Waals surface area contributed by atoms with Gasteiger partial charge in [-0.1, -0.05) is 28.9 Å². The van der Waals surface area contributed by atoms with E-state index in [0.717, 1.165) is 6.42 Å². The van der Waals surface area contributed by atoms with Crippen LogP contribution in [0.15, 0.2) is 24.5 Å². The van der Waals surface area contributed by atoms with E-state index in [1.54, 1.807) is 6.20 Å². The summed E-state index contributed by atoms with van der Waals surface area (Å²) in [6.07, 6.45) is 4.79. The van der Waals surface area contributed by atoms with Crippen LogP contribution in [0.5, 0.6) is 0 Å². The first kappa shape index (κ1) is 7.73. The van der Waals surface area contributed by atoms with E-state index in [2.05, 4.69) is 33.9 Å². The van der Waals surface area contributed by atoms with E-state index in [4.69, 9.17) is 0 Å². The van der Waals surface area contributed by atoms with Crippen LogP contribution in [0, 0.1) is 0 Å². The Bertz CT molecular complexity index is 186. The van der Waals surface area contributed by atoms with Crippen molar-refractivity contribution in [3.8, 4) is 0 Å². The number of aromatic nitrogens is 1. The number of nitrogens with zero attached hydrogens (tertiary/aromatic N) is 1. The number of hydrogen-bond donors (Lipinski definition) is 0. The molecule has 0 aliphatic carbocycles. The molecule has 0 spiro atoms. The lowest BCUT2D eigenvalue weighted by Gasteiger charge is -2.03. The Balaban J connectivity index is 2.75. The lowest BCUT2D eigenvalue weighted by molar-refractivity contribution is 0.903. The van der Waals surface area contributed by atoms with E-state index in [-0.39, 0.29) is 0 Å². The predicted molar refractivity (Wildman–Crippen MR) is 46.2 cm³/mol. The maximum absolute atomic E-state index is 4.02. The molecule has 0 bridgehead atoms. The zero-order valence-corrected chi connectivity index (χ0v) is 7.51.